The average Bonchev–Trinajstić information content (AvgIpc) is 2.96. The first kappa shape index (κ1) is 18.0. The monoisotopic (exact) mass is 363 g/mol. The van der Waals surface area contributed by atoms with Gasteiger partial charge in [0.2, 0.25) is 0 Å². The summed E-state index contributed by atoms with van der Waals surface area (Å²) in [6.45, 7) is 4.41. The van der Waals surface area contributed by atoms with E-state index in [4.69, 9.17) is 4.74 Å². The highest BCUT2D eigenvalue weighted by atomic mass is 19.1. The lowest BCUT2D eigenvalue weighted by Gasteiger charge is -2.60. The molecular formula is C21H30FNO3. The second-order valence-electron chi connectivity index (χ2n) is 9.44. The van der Waals surface area contributed by atoms with Crippen molar-refractivity contribution in [1.29, 1.82) is 0 Å². The predicted molar refractivity (Wildman–Crippen MR) is 95.6 cm³/mol. The second kappa shape index (κ2) is 5.80. The standard InChI is InChI=1S/C21H30FNO3/c1-20-10-9-14-12(13(20)6-7-15(20)19(25)26-4)5-8-17-21(14,2)11-16(22)18(24)23(17)3/h11-15,17H,5-10H2,1-4H3/t12-,13-,14?,15+,17?,20-,21+/m0/s1. The zero-order valence-corrected chi connectivity index (χ0v) is 16.3. The number of amides is 1. The number of rotatable bonds is 1. The summed E-state index contributed by atoms with van der Waals surface area (Å²) in [4.78, 5) is 26.1. The van der Waals surface area contributed by atoms with Crippen LogP contribution >= 0.6 is 0 Å². The fourth-order valence-corrected chi connectivity index (χ4v) is 7.36. The highest BCUT2D eigenvalue weighted by molar-refractivity contribution is 5.92. The predicted octanol–water partition coefficient (Wildman–Crippen LogP) is 3.71. The van der Waals surface area contributed by atoms with E-state index in [0.29, 0.717) is 17.8 Å². The van der Waals surface area contributed by atoms with Crippen LogP contribution in [0.4, 0.5) is 4.39 Å². The Morgan fingerprint density at radius 1 is 1.19 bits per heavy atom. The van der Waals surface area contributed by atoms with Crippen molar-refractivity contribution in [1.82, 2.24) is 4.90 Å². The van der Waals surface area contributed by atoms with Crippen LogP contribution in [0.25, 0.3) is 0 Å². The minimum absolute atomic E-state index is 0.00387. The molecule has 4 aliphatic rings. The number of likely N-dealkylation sites (N-methyl/N-ethyl adjacent to an activating group) is 1. The third-order valence-electron chi connectivity index (χ3n) is 8.64. The van der Waals surface area contributed by atoms with Gasteiger partial charge in [0.1, 0.15) is 0 Å². The minimum Gasteiger partial charge on any atom is -0.469 e. The van der Waals surface area contributed by atoms with Gasteiger partial charge < -0.3 is 9.64 Å². The summed E-state index contributed by atoms with van der Waals surface area (Å²) >= 11 is 0. The van der Waals surface area contributed by atoms with Crippen molar-refractivity contribution in [2.75, 3.05) is 14.2 Å². The molecule has 0 N–H and O–H groups in total. The zero-order valence-electron chi connectivity index (χ0n) is 16.3. The Morgan fingerprint density at radius 3 is 2.62 bits per heavy atom. The van der Waals surface area contributed by atoms with Gasteiger partial charge in [-0.2, -0.15) is 0 Å². The van der Waals surface area contributed by atoms with Gasteiger partial charge in [-0.1, -0.05) is 13.8 Å². The SMILES string of the molecule is COC(=O)[C@H]1CC[C@H]2[C@@H]3CCC4N(C)C(=O)C(F)=C[C@]4(C)C3CC[C@]12C. The van der Waals surface area contributed by atoms with E-state index in [0.717, 1.165) is 38.5 Å². The summed E-state index contributed by atoms with van der Waals surface area (Å²) in [6, 6.07) is 0.0814. The fraction of sp³-hybridized carbons (Fsp3) is 0.810. The fourth-order valence-electron chi connectivity index (χ4n) is 7.36. The Bertz CT molecular complexity index is 676. The maximum absolute atomic E-state index is 14.4. The van der Waals surface area contributed by atoms with Gasteiger partial charge in [0.25, 0.3) is 5.91 Å². The number of carbonyl (C=O) groups excluding carboxylic acids is 2. The van der Waals surface area contributed by atoms with Gasteiger partial charge in [-0.3, -0.25) is 9.59 Å². The van der Waals surface area contributed by atoms with E-state index in [1.165, 1.54) is 7.11 Å². The lowest BCUT2D eigenvalue weighted by atomic mass is 9.47. The first-order valence-electron chi connectivity index (χ1n) is 9.97. The molecule has 3 saturated carbocycles. The van der Waals surface area contributed by atoms with Crippen LogP contribution in [-0.2, 0) is 14.3 Å². The van der Waals surface area contributed by atoms with Crippen molar-refractivity contribution >= 4 is 11.9 Å². The van der Waals surface area contributed by atoms with Crippen molar-refractivity contribution in [3.8, 4) is 0 Å². The molecule has 2 unspecified atom stereocenters. The van der Waals surface area contributed by atoms with Crippen LogP contribution in [0.15, 0.2) is 11.9 Å². The molecule has 0 spiro atoms. The first-order chi connectivity index (χ1) is 12.2. The Hall–Kier alpha value is -1.39. The first-order valence-corrected chi connectivity index (χ1v) is 9.97. The van der Waals surface area contributed by atoms with Gasteiger partial charge in [-0.05, 0) is 67.8 Å². The Labute approximate surface area is 155 Å². The van der Waals surface area contributed by atoms with Crippen molar-refractivity contribution in [2.45, 2.75) is 58.4 Å². The molecule has 1 amide bonds. The smallest absolute Gasteiger partial charge is 0.309 e. The van der Waals surface area contributed by atoms with Crippen molar-refractivity contribution in [3.63, 3.8) is 0 Å². The van der Waals surface area contributed by atoms with Crippen LogP contribution in [-0.4, -0.2) is 37.0 Å². The number of carbonyl (C=O) groups is 2. The van der Waals surface area contributed by atoms with Crippen LogP contribution < -0.4 is 0 Å². The van der Waals surface area contributed by atoms with Crippen molar-refractivity contribution in [3.05, 3.63) is 11.9 Å². The molecule has 4 nitrogen and oxygen atoms in total. The second-order valence-corrected chi connectivity index (χ2v) is 9.44. The minimum atomic E-state index is -0.598. The molecule has 26 heavy (non-hydrogen) atoms. The molecule has 7 atom stereocenters. The van der Waals surface area contributed by atoms with Gasteiger partial charge in [0, 0.05) is 18.5 Å². The number of fused-ring (bicyclic) bond motifs is 5. The maximum Gasteiger partial charge on any atom is 0.309 e. The van der Waals surface area contributed by atoms with Crippen LogP contribution in [0.1, 0.15) is 52.4 Å². The summed E-state index contributed by atoms with van der Waals surface area (Å²) < 4.78 is 19.5. The molecule has 0 saturated heterocycles. The van der Waals surface area contributed by atoms with Gasteiger partial charge in [-0.15, -0.1) is 0 Å². The molecule has 0 bridgehead atoms. The van der Waals surface area contributed by atoms with Crippen LogP contribution in [0.5, 0.6) is 0 Å². The summed E-state index contributed by atoms with van der Waals surface area (Å²) in [7, 11) is 3.23. The molecule has 1 heterocycles. The molecule has 1 aliphatic heterocycles. The maximum atomic E-state index is 14.4. The number of methoxy groups -OCH3 is 1. The molecule has 3 aliphatic carbocycles. The van der Waals surface area contributed by atoms with Crippen molar-refractivity contribution in [2.24, 2.45) is 34.5 Å². The van der Waals surface area contributed by atoms with Crippen LogP contribution in [0.3, 0.4) is 0 Å². The molecule has 0 aromatic heterocycles. The highest BCUT2D eigenvalue weighted by Gasteiger charge is 2.62. The molecule has 0 aromatic carbocycles. The third-order valence-corrected chi connectivity index (χ3v) is 8.64. The average molecular weight is 363 g/mol. The van der Waals surface area contributed by atoms with E-state index in [1.54, 1.807) is 18.0 Å². The molecule has 0 radical (unpaired) electrons. The van der Waals surface area contributed by atoms with Gasteiger partial charge in [-0.25, -0.2) is 4.39 Å². The molecule has 5 heteroatoms. The molecule has 144 valence electrons. The summed E-state index contributed by atoms with van der Waals surface area (Å²) in [5, 5.41) is 0. The summed E-state index contributed by atoms with van der Waals surface area (Å²) in [5.74, 6) is 0.210. The normalized spacial score (nSPS) is 47.6. The Balaban J connectivity index is 1.68. The van der Waals surface area contributed by atoms with Crippen molar-refractivity contribution < 1.29 is 18.7 Å². The van der Waals surface area contributed by atoms with E-state index in [9.17, 15) is 14.0 Å². The number of halogens is 1. The number of hydrogen-bond acceptors (Lipinski definition) is 3. The number of hydrogen-bond donors (Lipinski definition) is 0. The van der Waals surface area contributed by atoms with E-state index in [2.05, 4.69) is 13.8 Å². The van der Waals surface area contributed by atoms with Gasteiger partial charge in [0.05, 0.1) is 13.0 Å². The van der Waals surface area contributed by atoms with Crippen LogP contribution in [0, 0.1) is 34.5 Å². The molecule has 3 fully saturated rings. The number of ether oxygens (including phenoxy) is 1. The third kappa shape index (κ3) is 2.18. The molecular weight excluding hydrogens is 333 g/mol. The highest BCUT2D eigenvalue weighted by Crippen LogP contribution is 2.65. The number of nitrogens with zero attached hydrogens (tertiary/aromatic N) is 1. The van der Waals surface area contributed by atoms with Gasteiger partial charge >= 0.3 is 5.97 Å². The van der Waals surface area contributed by atoms with Gasteiger partial charge in [0.15, 0.2) is 5.83 Å². The Kier molecular flexibility index (Phi) is 4.02. The van der Waals surface area contributed by atoms with Crippen LogP contribution in [0.2, 0.25) is 0 Å². The van der Waals surface area contributed by atoms with E-state index in [-0.39, 0.29) is 28.8 Å². The molecule has 4 rings (SSSR count). The lowest BCUT2D eigenvalue weighted by Crippen LogP contribution is -2.60. The van der Waals surface area contributed by atoms with E-state index >= 15 is 0 Å². The summed E-state index contributed by atoms with van der Waals surface area (Å²) in [5.41, 5.74) is -0.309. The number of esters is 1. The zero-order chi connectivity index (χ0) is 18.9. The lowest BCUT2D eigenvalue weighted by molar-refractivity contribution is -0.156. The molecule has 0 aromatic rings. The van der Waals surface area contributed by atoms with E-state index < -0.39 is 11.7 Å². The Morgan fingerprint density at radius 2 is 1.92 bits per heavy atom. The topological polar surface area (TPSA) is 46.6 Å². The van der Waals surface area contributed by atoms with E-state index in [1.807, 2.05) is 0 Å². The largest absolute Gasteiger partial charge is 0.469 e. The summed E-state index contributed by atoms with van der Waals surface area (Å²) in [6.07, 6.45) is 7.54. The quantitative estimate of drug-likeness (QED) is 0.667.